The first kappa shape index (κ1) is 19.4. The van der Waals surface area contributed by atoms with Gasteiger partial charge in [0.1, 0.15) is 0 Å². The van der Waals surface area contributed by atoms with Crippen LogP contribution in [0.4, 0.5) is 30.7 Å². The summed E-state index contributed by atoms with van der Waals surface area (Å²) in [5.41, 5.74) is -2.65. The second-order valence-electron chi connectivity index (χ2n) is 6.27. The second-order valence-corrected chi connectivity index (χ2v) is 6.27. The first-order valence-corrected chi connectivity index (χ1v) is 7.92. The van der Waals surface area contributed by atoms with Gasteiger partial charge in [-0.25, -0.2) is 9.37 Å². The van der Waals surface area contributed by atoms with Gasteiger partial charge in [-0.3, -0.25) is 4.40 Å². The van der Waals surface area contributed by atoms with E-state index in [1.165, 1.54) is 12.1 Å². The maximum Gasteiger partial charge on any atom is 0.452 e. The summed E-state index contributed by atoms with van der Waals surface area (Å²) >= 11 is 0. The Morgan fingerprint density at radius 3 is 2.31 bits per heavy atom. The third-order valence-electron chi connectivity index (χ3n) is 4.28. The first-order valence-electron chi connectivity index (χ1n) is 7.92. The normalized spacial score (nSPS) is 16.7. The number of alkyl halides is 6. The Bertz CT molecular complexity index is 1070. The number of aromatic nitrogens is 4. The molecule has 1 saturated heterocycles. The number of hydrogen-bond donors (Lipinski definition) is 0. The molecule has 0 aromatic carbocycles. The molecule has 1 aliphatic heterocycles. The Morgan fingerprint density at radius 1 is 1.03 bits per heavy atom. The largest absolute Gasteiger partial charge is 0.454 e. The standard InChI is InChI=1S/C16H9F7N4O2/c17-10-3-9(4-24-12(10)29-14(6-28-7-14)16(21,22)23)8-1-2-11-25-26-13(15(18,19)20)27(11)5-8/h1-5H,6-7H2. The zero-order chi connectivity index (χ0) is 21.0. The van der Waals surface area contributed by atoms with Crippen LogP contribution in [0.1, 0.15) is 5.82 Å². The molecule has 0 aliphatic carbocycles. The maximum atomic E-state index is 14.3. The van der Waals surface area contributed by atoms with E-state index in [0.29, 0.717) is 4.40 Å². The first-order chi connectivity index (χ1) is 13.5. The monoisotopic (exact) mass is 422 g/mol. The topological polar surface area (TPSA) is 61.5 Å². The molecule has 0 bridgehead atoms. The van der Waals surface area contributed by atoms with Crippen LogP contribution in [0.25, 0.3) is 16.8 Å². The van der Waals surface area contributed by atoms with Gasteiger partial charge in [0, 0.05) is 23.5 Å². The lowest BCUT2D eigenvalue weighted by Gasteiger charge is -2.41. The molecule has 0 amide bonds. The Balaban J connectivity index is 1.68. The van der Waals surface area contributed by atoms with Crippen molar-refractivity contribution in [3.63, 3.8) is 0 Å². The minimum atomic E-state index is -4.80. The molecule has 0 radical (unpaired) electrons. The molecule has 0 saturated carbocycles. The zero-order valence-corrected chi connectivity index (χ0v) is 14.1. The number of hydrogen-bond acceptors (Lipinski definition) is 5. The lowest BCUT2D eigenvalue weighted by molar-refractivity contribution is -0.323. The van der Waals surface area contributed by atoms with Crippen molar-refractivity contribution >= 4 is 5.65 Å². The van der Waals surface area contributed by atoms with E-state index in [4.69, 9.17) is 4.74 Å². The highest BCUT2D eigenvalue weighted by Crippen LogP contribution is 2.40. The number of nitrogens with zero attached hydrogens (tertiary/aromatic N) is 4. The van der Waals surface area contributed by atoms with Crippen LogP contribution in [0.2, 0.25) is 0 Å². The molecule has 154 valence electrons. The summed E-state index contributed by atoms with van der Waals surface area (Å²) in [6.07, 6.45) is -7.56. The van der Waals surface area contributed by atoms with E-state index in [-0.39, 0.29) is 16.8 Å². The van der Waals surface area contributed by atoms with Gasteiger partial charge >= 0.3 is 12.4 Å². The van der Waals surface area contributed by atoms with Crippen molar-refractivity contribution in [3.8, 4) is 17.0 Å². The molecule has 3 aromatic rings. The van der Waals surface area contributed by atoms with Gasteiger partial charge < -0.3 is 9.47 Å². The predicted molar refractivity (Wildman–Crippen MR) is 81.4 cm³/mol. The van der Waals surface area contributed by atoms with E-state index in [0.717, 1.165) is 18.5 Å². The van der Waals surface area contributed by atoms with Crippen molar-refractivity contribution in [2.45, 2.75) is 18.0 Å². The van der Waals surface area contributed by atoms with E-state index >= 15 is 0 Å². The number of rotatable bonds is 3. The average Bonchev–Trinajstić information content (AvgIpc) is 3.01. The molecule has 0 spiro atoms. The summed E-state index contributed by atoms with van der Waals surface area (Å²) in [5.74, 6) is -3.38. The summed E-state index contributed by atoms with van der Waals surface area (Å²) < 4.78 is 103. The molecule has 0 unspecified atom stereocenters. The fourth-order valence-electron chi connectivity index (χ4n) is 2.67. The van der Waals surface area contributed by atoms with Crippen molar-refractivity contribution in [2.75, 3.05) is 13.2 Å². The van der Waals surface area contributed by atoms with Crippen molar-refractivity contribution in [3.05, 3.63) is 42.2 Å². The van der Waals surface area contributed by atoms with Crippen LogP contribution < -0.4 is 4.74 Å². The number of fused-ring (bicyclic) bond motifs is 1. The Labute approximate surface area is 156 Å². The van der Waals surface area contributed by atoms with Crippen LogP contribution >= 0.6 is 0 Å². The fraction of sp³-hybridized carbons (Fsp3) is 0.312. The molecular weight excluding hydrogens is 413 g/mol. The van der Waals surface area contributed by atoms with Crippen LogP contribution in [0.15, 0.2) is 30.6 Å². The fourth-order valence-corrected chi connectivity index (χ4v) is 2.67. The van der Waals surface area contributed by atoms with E-state index in [9.17, 15) is 30.7 Å². The highest BCUT2D eigenvalue weighted by atomic mass is 19.4. The molecular formula is C16H9F7N4O2. The lowest BCUT2D eigenvalue weighted by atomic mass is 10.0. The van der Waals surface area contributed by atoms with Gasteiger partial charge in [0.25, 0.3) is 11.5 Å². The van der Waals surface area contributed by atoms with E-state index in [2.05, 4.69) is 19.9 Å². The van der Waals surface area contributed by atoms with Gasteiger partial charge in [-0.05, 0) is 18.2 Å². The number of halogens is 7. The molecule has 4 rings (SSSR count). The van der Waals surface area contributed by atoms with Gasteiger partial charge in [0.2, 0.25) is 5.82 Å². The molecule has 1 fully saturated rings. The van der Waals surface area contributed by atoms with E-state index in [1.807, 2.05) is 0 Å². The van der Waals surface area contributed by atoms with E-state index in [1.54, 1.807) is 0 Å². The zero-order valence-electron chi connectivity index (χ0n) is 14.1. The number of ether oxygens (including phenoxy) is 2. The smallest absolute Gasteiger partial charge is 0.452 e. The maximum absolute atomic E-state index is 14.3. The van der Waals surface area contributed by atoms with Crippen molar-refractivity contribution in [2.24, 2.45) is 0 Å². The summed E-state index contributed by atoms with van der Waals surface area (Å²) in [7, 11) is 0. The van der Waals surface area contributed by atoms with Crippen molar-refractivity contribution in [1.82, 2.24) is 19.6 Å². The minimum absolute atomic E-state index is 0.0180. The van der Waals surface area contributed by atoms with Crippen LogP contribution in [-0.2, 0) is 10.9 Å². The molecule has 0 N–H and O–H groups in total. The second kappa shape index (κ2) is 6.27. The van der Waals surface area contributed by atoms with Crippen LogP contribution in [0.5, 0.6) is 5.88 Å². The summed E-state index contributed by atoms with van der Waals surface area (Å²) in [5, 5.41) is 6.47. The highest BCUT2D eigenvalue weighted by molar-refractivity contribution is 5.64. The Hall–Kier alpha value is -2.96. The van der Waals surface area contributed by atoms with Gasteiger partial charge in [-0.15, -0.1) is 10.2 Å². The van der Waals surface area contributed by atoms with Gasteiger partial charge in [0.15, 0.2) is 11.5 Å². The predicted octanol–water partition coefficient (Wildman–Crippen LogP) is 3.66. The van der Waals surface area contributed by atoms with Crippen molar-refractivity contribution < 1.29 is 40.2 Å². The van der Waals surface area contributed by atoms with Gasteiger partial charge in [-0.2, -0.15) is 26.3 Å². The molecule has 13 heteroatoms. The third-order valence-corrected chi connectivity index (χ3v) is 4.28. The Morgan fingerprint density at radius 2 is 1.76 bits per heavy atom. The minimum Gasteiger partial charge on any atom is -0.454 e. The molecule has 1 aliphatic rings. The molecule has 4 heterocycles. The van der Waals surface area contributed by atoms with Crippen LogP contribution in [0, 0.1) is 5.82 Å². The number of pyridine rings is 2. The lowest BCUT2D eigenvalue weighted by Crippen LogP contribution is -2.64. The average molecular weight is 422 g/mol. The molecule has 0 atom stereocenters. The van der Waals surface area contributed by atoms with Gasteiger partial charge in [-0.1, -0.05) is 0 Å². The van der Waals surface area contributed by atoms with E-state index < -0.39 is 48.7 Å². The van der Waals surface area contributed by atoms with Crippen molar-refractivity contribution in [1.29, 1.82) is 0 Å². The van der Waals surface area contributed by atoms with Crippen LogP contribution in [0.3, 0.4) is 0 Å². The SMILES string of the molecule is Fc1cc(-c2ccc3nnc(C(F)(F)F)n3c2)cnc1OC1(C(F)(F)F)COC1. The Kier molecular flexibility index (Phi) is 4.19. The molecule has 29 heavy (non-hydrogen) atoms. The third kappa shape index (κ3) is 3.24. The molecule has 3 aromatic heterocycles. The van der Waals surface area contributed by atoms with Crippen LogP contribution in [-0.4, -0.2) is 44.6 Å². The molecule has 6 nitrogen and oxygen atoms in total. The summed E-state index contributed by atoms with van der Waals surface area (Å²) in [4.78, 5) is 3.56. The summed E-state index contributed by atoms with van der Waals surface area (Å²) in [6, 6.07) is 3.38. The highest BCUT2D eigenvalue weighted by Gasteiger charge is 2.63. The van der Waals surface area contributed by atoms with Gasteiger partial charge in [0.05, 0.1) is 13.2 Å². The quantitative estimate of drug-likeness (QED) is 0.603. The summed E-state index contributed by atoms with van der Waals surface area (Å²) in [6.45, 7) is -1.60.